The van der Waals surface area contributed by atoms with Crippen LogP contribution in [0.2, 0.25) is 0 Å². The van der Waals surface area contributed by atoms with Crippen LogP contribution < -0.4 is 5.32 Å². The molecule has 2 N–H and O–H groups in total. The van der Waals surface area contributed by atoms with Gasteiger partial charge in [0.05, 0.1) is 33.1 Å². The normalized spacial score (nSPS) is 13.9. The van der Waals surface area contributed by atoms with E-state index in [1.165, 1.54) is 49.6 Å². The Kier molecular flexibility index (Phi) is 6.73. The van der Waals surface area contributed by atoms with E-state index in [1.807, 2.05) is 13.0 Å². The summed E-state index contributed by atoms with van der Waals surface area (Å²) in [6, 6.07) is 15.6. The lowest BCUT2D eigenvalue weighted by molar-refractivity contribution is -0.188. The maximum Gasteiger partial charge on any atom is 0.418 e. The molecule has 1 unspecified atom stereocenters. The molecule has 0 amide bonds. The van der Waals surface area contributed by atoms with Crippen molar-refractivity contribution in [2.75, 3.05) is 13.3 Å². The highest BCUT2D eigenvalue weighted by Gasteiger charge is 2.60. The summed E-state index contributed by atoms with van der Waals surface area (Å²) in [6.07, 6.45) is -1.97. The number of hydrogen-bond donors (Lipinski definition) is 2. The summed E-state index contributed by atoms with van der Waals surface area (Å²) < 4.78 is 74.6. The number of rotatable bonds is 6. The number of alkyl halides is 3. The molecule has 0 spiro atoms. The Morgan fingerprint density at radius 3 is 2.38 bits per heavy atom. The number of aromatic amines is 1. The average Bonchev–Trinajstić information content (AvgIpc) is 3.55. The molecule has 5 rings (SSSR count). The standard InChI is InChI=1S/C28H24F3N5O2S2/c1-16-5-8-19(9-6-16)40(37,38)36-12-11-20-24(23(39-4)13-17(2)25(20)36)27(33-3,28(29,30)31)26-34-21-10-7-18(15-32)14-22(21)35-26/h5-14,33H,1-4H3,(H,34,35). The molecule has 3 aromatic carbocycles. The van der Waals surface area contributed by atoms with Crippen LogP contribution in [0.5, 0.6) is 0 Å². The van der Waals surface area contributed by atoms with Gasteiger partial charge in [-0.3, -0.25) is 5.32 Å². The fourth-order valence-electron chi connectivity index (χ4n) is 5.08. The first-order valence-electron chi connectivity index (χ1n) is 12.1. The summed E-state index contributed by atoms with van der Waals surface area (Å²) in [5.41, 5.74) is -0.724. The highest BCUT2D eigenvalue weighted by molar-refractivity contribution is 7.98. The quantitative estimate of drug-likeness (QED) is 0.238. The molecular weight excluding hydrogens is 559 g/mol. The predicted molar refractivity (Wildman–Crippen MR) is 149 cm³/mol. The minimum absolute atomic E-state index is 0.0202. The van der Waals surface area contributed by atoms with Gasteiger partial charge in [0, 0.05) is 22.0 Å². The van der Waals surface area contributed by atoms with Crippen molar-refractivity contribution >= 4 is 43.7 Å². The second kappa shape index (κ2) is 9.69. The molecule has 0 fully saturated rings. The van der Waals surface area contributed by atoms with Gasteiger partial charge in [-0.05, 0) is 75.2 Å². The third-order valence-corrected chi connectivity index (χ3v) is 9.48. The van der Waals surface area contributed by atoms with Crippen molar-refractivity contribution in [3.63, 3.8) is 0 Å². The van der Waals surface area contributed by atoms with E-state index in [2.05, 4.69) is 15.3 Å². The van der Waals surface area contributed by atoms with Gasteiger partial charge in [-0.2, -0.15) is 18.4 Å². The van der Waals surface area contributed by atoms with Gasteiger partial charge < -0.3 is 4.98 Å². The van der Waals surface area contributed by atoms with Gasteiger partial charge >= 0.3 is 6.18 Å². The van der Waals surface area contributed by atoms with Crippen LogP contribution in [0.1, 0.15) is 28.1 Å². The molecule has 7 nitrogen and oxygen atoms in total. The molecular formula is C28H24F3N5O2S2. The van der Waals surface area contributed by atoms with Crippen LogP contribution in [-0.2, 0) is 15.6 Å². The van der Waals surface area contributed by atoms with Gasteiger partial charge in [-0.1, -0.05) is 17.7 Å². The minimum Gasteiger partial charge on any atom is -0.340 e. The molecule has 0 saturated heterocycles. The molecule has 0 aliphatic carbocycles. The Balaban J connectivity index is 1.87. The number of nitrogens with one attached hydrogen (secondary N) is 2. The number of nitriles is 1. The first-order valence-corrected chi connectivity index (χ1v) is 14.7. The second-order valence-corrected chi connectivity index (χ2v) is 12.1. The van der Waals surface area contributed by atoms with E-state index in [0.29, 0.717) is 16.0 Å². The van der Waals surface area contributed by atoms with Crippen molar-refractivity contribution in [3.05, 3.63) is 88.9 Å². The fourth-order valence-corrected chi connectivity index (χ4v) is 7.25. The van der Waals surface area contributed by atoms with E-state index in [1.54, 1.807) is 31.4 Å². The number of aryl methyl sites for hydroxylation is 2. The zero-order valence-electron chi connectivity index (χ0n) is 21.9. The van der Waals surface area contributed by atoms with Gasteiger partial charge in [-0.25, -0.2) is 17.4 Å². The molecule has 12 heteroatoms. The maximum absolute atomic E-state index is 15.4. The van der Waals surface area contributed by atoms with Crippen molar-refractivity contribution in [2.24, 2.45) is 0 Å². The van der Waals surface area contributed by atoms with Crippen LogP contribution in [0.4, 0.5) is 13.2 Å². The van der Waals surface area contributed by atoms with Crippen molar-refractivity contribution in [2.45, 2.75) is 35.4 Å². The third kappa shape index (κ3) is 4.08. The van der Waals surface area contributed by atoms with E-state index in [9.17, 15) is 13.7 Å². The molecule has 0 radical (unpaired) electrons. The lowest BCUT2D eigenvalue weighted by Gasteiger charge is -2.36. The SMILES string of the molecule is CNC(c1nc2cc(C#N)ccc2[nH]1)(c1c(SC)cc(C)c2c1ccn2S(=O)(=O)c1ccc(C)cc1)C(F)(F)F. The number of H-pyrrole nitrogens is 1. The predicted octanol–water partition coefficient (Wildman–Crippen LogP) is 5.99. The summed E-state index contributed by atoms with van der Waals surface area (Å²) in [6.45, 7) is 3.50. The van der Waals surface area contributed by atoms with E-state index < -0.39 is 27.6 Å². The minimum atomic E-state index is -4.92. The summed E-state index contributed by atoms with van der Waals surface area (Å²) in [5, 5.41) is 11.9. The molecule has 0 aliphatic heterocycles. The molecule has 206 valence electrons. The second-order valence-electron chi connectivity index (χ2n) is 9.39. The monoisotopic (exact) mass is 583 g/mol. The Morgan fingerprint density at radius 2 is 1.77 bits per heavy atom. The average molecular weight is 584 g/mol. The van der Waals surface area contributed by atoms with E-state index in [-0.39, 0.29) is 32.4 Å². The van der Waals surface area contributed by atoms with Crippen LogP contribution in [0, 0.1) is 25.2 Å². The zero-order chi connectivity index (χ0) is 29.0. The first-order chi connectivity index (χ1) is 18.9. The largest absolute Gasteiger partial charge is 0.418 e. The summed E-state index contributed by atoms with van der Waals surface area (Å²) in [5.74, 6) is -0.429. The molecule has 1 atom stereocenters. The van der Waals surface area contributed by atoms with Crippen molar-refractivity contribution < 1.29 is 21.6 Å². The Labute approximate surface area is 233 Å². The molecule has 0 aliphatic rings. The van der Waals surface area contributed by atoms with Gasteiger partial charge in [-0.15, -0.1) is 11.8 Å². The number of halogens is 3. The summed E-state index contributed by atoms with van der Waals surface area (Å²) >= 11 is 1.12. The van der Waals surface area contributed by atoms with Crippen LogP contribution in [0.3, 0.4) is 0 Å². The lowest BCUT2D eigenvalue weighted by Crippen LogP contribution is -2.54. The highest BCUT2D eigenvalue weighted by Crippen LogP contribution is 2.49. The molecule has 0 bridgehead atoms. The zero-order valence-corrected chi connectivity index (χ0v) is 23.5. The van der Waals surface area contributed by atoms with Gasteiger partial charge in [0.2, 0.25) is 5.54 Å². The smallest absolute Gasteiger partial charge is 0.340 e. The Hall–Kier alpha value is -3.79. The Bertz CT molecular complexity index is 1920. The number of imidazole rings is 1. The first kappa shape index (κ1) is 27.8. The Morgan fingerprint density at radius 1 is 1.07 bits per heavy atom. The van der Waals surface area contributed by atoms with Gasteiger partial charge in [0.25, 0.3) is 10.0 Å². The van der Waals surface area contributed by atoms with Crippen molar-refractivity contribution in [3.8, 4) is 6.07 Å². The number of aromatic nitrogens is 3. The third-order valence-electron chi connectivity index (χ3n) is 7.03. The maximum atomic E-state index is 15.4. The topological polar surface area (TPSA) is 104 Å². The van der Waals surface area contributed by atoms with Crippen molar-refractivity contribution in [1.29, 1.82) is 5.26 Å². The van der Waals surface area contributed by atoms with Crippen LogP contribution in [0.15, 0.2) is 70.6 Å². The summed E-state index contributed by atoms with van der Waals surface area (Å²) in [4.78, 5) is 7.43. The van der Waals surface area contributed by atoms with Crippen molar-refractivity contribution in [1.82, 2.24) is 19.3 Å². The van der Waals surface area contributed by atoms with Crippen LogP contribution >= 0.6 is 11.8 Å². The molecule has 2 heterocycles. The molecule has 2 aromatic heterocycles. The number of hydrogen-bond acceptors (Lipinski definition) is 6. The fraction of sp³-hybridized carbons (Fsp3) is 0.214. The highest BCUT2D eigenvalue weighted by atomic mass is 32.2. The molecule has 0 saturated carbocycles. The lowest BCUT2D eigenvalue weighted by atomic mass is 9.85. The van der Waals surface area contributed by atoms with Crippen LogP contribution in [0.25, 0.3) is 21.9 Å². The number of benzene rings is 3. The van der Waals surface area contributed by atoms with Gasteiger partial charge in [0.15, 0.2) is 0 Å². The van der Waals surface area contributed by atoms with E-state index in [0.717, 1.165) is 21.3 Å². The van der Waals surface area contributed by atoms with E-state index in [4.69, 9.17) is 0 Å². The summed E-state index contributed by atoms with van der Waals surface area (Å²) in [7, 11) is -2.93. The number of nitrogens with zero attached hydrogens (tertiary/aromatic N) is 3. The van der Waals surface area contributed by atoms with Gasteiger partial charge in [0.1, 0.15) is 5.82 Å². The van der Waals surface area contributed by atoms with Crippen LogP contribution in [-0.4, -0.2) is 41.8 Å². The molecule has 5 aromatic rings. The number of fused-ring (bicyclic) bond motifs is 2. The molecule has 40 heavy (non-hydrogen) atoms. The van der Waals surface area contributed by atoms with E-state index >= 15 is 13.2 Å². The number of thioether (sulfide) groups is 1.